The Balaban J connectivity index is 2.21. The molecule has 0 aromatic rings. The molecule has 2 aliphatic heterocycles. The number of fused-ring (bicyclic) bond motifs is 1. The van der Waals surface area contributed by atoms with Crippen molar-refractivity contribution in [3.05, 3.63) is 10.6 Å². The summed E-state index contributed by atoms with van der Waals surface area (Å²) in [5, 5.41) is 20.6. The number of carboxylic acids is 1. The molecule has 18 heavy (non-hydrogen) atoms. The molecule has 0 bridgehead atoms. The normalized spacial score (nSPS) is 28.2. The van der Waals surface area contributed by atoms with E-state index in [-0.39, 0.29) is 17.6 Å². The van der Waals surface area contributed by atoms with Crippen LogP contribution >= 0.6 is 11.8 Å². The monoisotopic (exact) mass is 271 g/mol. The summed E-state index contributed by atoms with van der Waals surface area (Å²) in [6.45, 7) is 1.98. The lowest BCUT2D eigenvalue weighted by molar-refractivity contribution is -0.301. The molecule has 3 atom stereocenters. The molecule has 1 saturated heterocycles. The smallest absolute Gasteiger partial charge is 0.235 e. The first kappa shape index (κ1) is 13.4. The molecule has 6 nitrogen and oxygen atoms in total. The van der Waals surface area contributed by atoms with E-state index in [1.807, 2.05) is 0 Å². The van der Waals surface area contributed by atoms with Gasteiger partial charge >= 0.3 is 0 Å². The maximum Gasteiger partial charge on any atom is 0.235 e. The fraction of sp³-hybridized carbons (Fsp3) is 0.636. The molecular weight excluding hydrogens is 256 g/mol. The maximum absolute atomic E-state index is 11.8. The summed E-state index contributed by atoms with van der Waals surface area (Å²) < 4.78 is 0. The van der Waals surface area contributed by atoms with E-state index in [0.29, 0.717) is 23.6 Å². The van der Waals surface area contributed by atoms with E-state index in [0.717, 1.165) is 0 Å². The number of nitrogens with zero attached hydrogens (tertiary/aromatic N) is 1. The van der Waals surface area contributed by atoms with Crippen LogP contribution in [0.15, 0.2) is 10.6 Å². The van der Waals surface area contributed by atoms with Crippen LogP contribution in [0.2, 0.25) is 0 Å². The first-order valence-corrected chi connectivity index (χ1v) is 6.76. The zero-order chi connectivity index (χ0) is 13.4. The van der Waals surface area contributed by atoms with Crippen molar-refractivity contribution in [2.24, 2.45) is 11.7 Å². The van der Waals surface area contributed by atoms with E-state index in [9.17, 15) is 19.8 Å². The zero-order valence-corrected chi connectivity index (χ0v) is 10.8. The van der Waals surface area contributed by atoms with Gasteiger partial charge in [-0.2, -0.15) is 0 Å². The van der Waals surface area contributed by atoms with Gasteiger partial charge in [-0.1, -0.05) is 0 Å². The number of nitrogens with two attached hydrogens (primary N) is 1. The number of aliphatic carboxylic acids is 1. The second kappa shape index (κ2) is 4.91. The molecule has 7 heteroatoms. The SMILES string of the molecule is C[C@@H](O)[C@H]1C(=O)N2C(C(=O)[O-])=C(SCCN)C[C@H]12. The second-order valence-electron chi connectivity index (χ2n) is 4.44. The van der Waals surface area contributed by atoms with Gasteiger partial charge < -0.3 is 25.6 Å². The van der Waals surface area contributed by atoms with Crippen molar-refractivity contribution in [2.45, 2.75) is 25.5 Å². The Morgan fingerprint density at radius 3 is 2.89 bits per heavy atom. The van der Waals surface area contributed by atoms with Gasteiger partial charge in [0.25, 0.3) is 0 Å². The van der Waals surface area contributed by atoms with Gasteiger partial charge in [0, 0.05) is 23.6 Å². The number of carbonyl (C=O) groups is 2. The van der Waals surface area contributed by atoms with Crippen LogP contribution in [-0.4, -0.2) is 46.3 Å². The predicted molar refractivity (Wildman–Crippen MR) is 64.0 cm³/mol. The maximum atomic E-state index is 11.8. The van der Waals surface area contributed by atoms with Crippen LogP contribution in [0.1, 0.15) is 13.3 Å². The second-order valence-corrected chi connectivity index (χ2v) is 5.63. The van der Waals surface area contributed by atoms with E-state index >= 15 is 0 Å². The third kappa shape index (κ3) is 1.92. The highest BCUT2D eigenvalue weighted by Crippen LogP contribution is 2.46. The summed E-state index contributed by atoms with van der Waals surface area (Å²) in [4.78, 5) is 24.8. The van der Waals surface area contributed by atoms with Gasteiger partial charge in [0.1, 0.15) is 0 Å². The molecule has 0 saturated carbocycles. The number of hydrogen-bond acceptors (Lipinski definition) is 6. The molecule has 0 spiro atoms. The predicted octanol–water partition coefficient (Wildman–Crippen LogP) is -1.75. The Hall–Kier alpha value is -1.05. The number of amides is 1. The first-order chi connectivity index (χ1) is 8.49. The molecular formula is C11H15N2O4S-. The van der Waals surface area contributed by atoms with Crippen LogP contribution in [0.3, 0.4) is 0 Å². The summed E-state index contributed by atoms with van der Waals surface area (Å²) in [5.74, 6) is -1.58. The van der Waals surface area contributed by atoms with Crippen molar-refractivity contribution < 1.29 is 19.8 Å². The van der Waals surface area contributed by atoms with Crippen LogP contribution in [0, 0.1) is 5.92 Å². The molecule has 1 fully saturated rings. The van der Waals surface area contributed by atoms with Crippen molar-refractivity contribution in [3.63, 3.8) is 0 Å². The number of aliphatic hydroxyl groups is 1. The van der Waals surface area contributed by atoms with E-state index in [1.54, 1.807) is 6.92 Å². The number of aliphatic hydroxyl groups excluding tert-OH is 1. The average Bonchev–Trinajstić information content (AvgIpc) is 2.60. The van der Waals surface area contributed by atoms with Crippen LogP contribution in [0.4, 0.5) is 0 Å². The molecule has 0 aromatic heterocycles. The minimum absolute atomic E-state index is 0.0413. The Kier molecular flexibility index (Phi) is 3.65. The standard InChI is InChI=1S/C11H16N2O4S/c1-5(14)8-6-4-7(18-3-2-12)9(11(16)17)13(6)10(8)15/h5-6,8,14H,2-4,12H2,1H3,(H,16,17)/p-1/t5-,6-,8-/m1/s1. The van der Waals surface area contributed by atoms with E-state index in [1.165, 1.54) is 16.7 Å². The largest absolute Gasteiger partial charge is 0.543 e. The lowest BCUT2D eigenvalue weighted by atomic mass is 9.83. The van der Waals surface area contributed by atoms with Crippen molar-refractivity contribution in [1.82, 2.24) is 4.90 Å². The summed E-state index contributed by atoms with van der Waals surface area (Å²) in [7, 11) is 0. The van der Waals surface area contributed by atoms with Gasteiger partial charge in [-0.15, -0.1) is 11.8 Å². The Labute approximate surface area is 109 Å². The molecule has 0 unspecified atom stereocenters. The fourth-order valence-corrected chi connectivity index (χ4v) is 3.50. The molecule has 100 valence electrons. The van der Waals surface area contributed by atoms with Crippen LogP contribution < -0.4 is 10.8 Å². The highest BCUT2D eigenvalue weighted by atomic mass is 32.2. The summed E-state index contributed by atoms with van der Waals surface area (Å²) in [6, 6.07) is -0.245. The van der Waals surface area contributed by atoms with Crippen molar-refractivity contribution in [1.29, 1.82) is 0 Å². The quantitative estimate of drug-likeness (QED) is 0.574. The molecule has 3 N–H and O–H groups in total. The van der Waals surface area contributed by atoms with Crippen LogP contribution in [0.25, 0.3) is 0 Å². The van der Waals surface area contributed by atoms with Gasteiger partial charge in [0.15, 0.2) is 0 Å². The lowest BCUT2D eigenvalue weighted by Crippen LogP contribution is -2.62. The molecule has 0 aromatic carbocycles. The summed E-state index contributed by atoms with van der Waals surface area (Å²) >= 11 is 1.34. The minimum atomic E-state index is -1.34. The number of carboxylic acid groups (broad SMARTS) is 1. The first-order valence-electron chi connectivity index (χ1n) is 5.77. The molecule has 0 radical (unpaired) electrons. The summed E-state index contributed by atoms with van der Waals surface area (Å²) in [6.07, 6.45) is -0.296. The van der Waals surface area contributed by atoms with Crippen LogP contribution in [0.5, 0.6) is 0 Å². The molecule has 0 aliphatic carbocycles. The van der Waals surface area contributed by atoms with Crippen molar-refractivity contribution in [2.75, 3.05) is 12.3 Å². The number of carbonyl (C=O) groups excluding carboxylic acids is 2. The highest BCUT2D eigenvalue weighted by Gasteiger charge is 2.55. The Morgan fingerprint density at radius 1 is 1.72 bits per heavy atom. The lowest BCUT2D eigenvalue weighted by Gasteiger charge is -2.45. The molecule has 2 heterocycles. The van der Waals surface area contributed by atoms with Crippen molar-refractivity contribution >= 4 is 23.6 Å². The number of β-lactam (4-membered cyclic amide) rings is 1. The minimum Gasteiger partial charge on any atom is -0.543 e. The number of rotatable bonds is 5. The number of hydrogen-bond donors (Lipinski definition) is 2. The van der Waals surface area contributed by atoms with Crippen LogP contribution in [-0.2, 0) is 9.59 Å². The van der Waals surface area contributed by atoms with Gasteiger partial charge in [0.05, 0.1) is 29.7 Å². The average molecular weight is 271 g/mol. The Bertz CT molecular complexity index is 421. The zero-order valence-electron chi connectivity index (χ0n) is 9.96. The molecule has 2 aliphatic rings. The van der Waals surface area contributed by atoms with E-state index < -0.39 is 18.0 Å². The van der Waals surface area contributed by atoms with Gasteiger partial charge in [0.2, 0.25) is 5.91 Å². The van der Waals surface area contributed by atoms with Gasteiger partial charge in [-0.25, -0.2) is 0 Å². The Morgan fingerprint density at radius 2 is 2.39 bits per heavy atom. The topological polar surface area (TPSA) is 107 Å². The summed E-state index contributed by atoms with van der Waals surface area (Å²) in [5.41, 5.74) is 5.35. The highest BCUT2D eigenvalue weighted by molar-refractivity contribution is 8.03. The van der Waals surface area contributed by atoms with Crippen molar-refractivity contribution in [3.8, 4) is 0 Å². The fourth-order valence-electron chi connectivity index (χ4n) is 2.53. The molecule has 2 rings (SSSR count). The van der Waals surface area contributed by atoms with Gasteiger partial charge in [-0.05, 0) is 6.92 Å². The third-order valence-corrected chi connectivity index (χ3v) is 4.42. The number of thioether (sulfide) groups is 1. The van der Waals surface area contributed by atoms with E-state index in [4.69, 9.17) is 5.73 Å². The van der Waals surface area contributed by atoms with E-state index in [2.05, 4.69) is 0 Å². The molecule has 1 amide bonds. The van der Waals surface area contributed by atoms with Gasteiger partial charge in [-0.3, -0.25) is 4.79 Å². The third-order valence-electron chi connectivity index (χ3n) is 3.28.